The van der Waals surface area contributed by atoms with Gasteiger partial charge in [-0.05, 0) is 116 Å². The molecule has 0 aromatic carbocycles. The van der Waals surface area contributed by atoms with Crippen LogP contribution in [-0.2, 0) is 28.6 Å². The molecule has 0 amide bonds. The average molecular weight is 887 g/mol. The summed E-state index contributed by atoms with van der Waals surface area (Å²) in [5.74, 6) is -0.958. The van der Waals surface area contributed by atoms with Crippen molar-refractivity contribution in [1.82, 2.24) is 0 Å². The highest BCUT2D eigenvalue weighted by Gasteiger charge is 2.19. The first kappa shape index (κ1) is 60.1. The molecule has 0 heterocycles. The Morgan fingerprint density at radius 3 is 0.891 bits per heavy atom. The standard InChI is InChI=1S/C58H94O6/c1-4-7-10-13-16-19-22-25-28-30-33-36-39-42-45-48-51-57(60)63-54-55(53-62-56(59)50-47-44-41-38-35-32-27-24-21-18-15-12-9-6-3)64-58(61)52-49-46-43-40-37-34-31-29-26-23-20-17-14-11-8-5-2/h7-12,16-21,25-26,28-29,33,36,55H,4-6,13-15,22-24,27,30-32,34-35,37-54H2,1-3H3/b10-7-,11-8-,12-9-,19-16-,20-17-,21-18-,28-25-,29-26-,36-33-. The van der Waals surface area contributed by atoms with E-state index in [0.717, 1.165) is 141 Å². The second-order valence-electron chi connectivity index (χ2n) is 16.6. The van der Waals surface area contributed by atoms with Gasteiger partial charge in [0.25, 0.3) is 0 Å². The lowest BCUT2D eigenvalue weighted by molar-refractivity contribution is -0.167. The summed E-state index contributed by atoms with van der Waals surface area (Å²) in [6, 6.07) is 0. The molecule has 0 N–H and O–H groups in total. The van der Waals surface area contributed by atoms with Gasteiger partial charge in [0.15, 0.2) is 6.10 Å². The van der Waals surface area contributed by atoms with Gasteiger partial charge >= 0.3 is 17.9 Å². The van der Waals surface area contributed by atoms with Crippen LogP contribution < -0.4 is 0 Å². The first-order chi connectivity index (χ1) is 31.5. The summed E-state index contributed by atoms with van der Waals surface area (Å²) >= 11 is 0. The quantitative estimate of drug-likeness (QED) is 0.0262. The zero-order valence-corrected chi connectivity index (χ0v) is 41.3. The minimum atomic E-state index is -0.803. The maximum atomic E-state index is 12.8. The smallest absolute Gasteiger partial charge is 0.306 e. The zero-order valence-electron chi connectivity index (χ0n) is 41.3. The Hall–Kier alpha value is -3.93. The zero-order chi connectivity index (χ0) is 46.5. The number of carbonyl (C=O) groups excluding carboxylic acids is 3. The van der Waals surface area contributed by atoms with Crippen molar-refractivity contribution in [2.75, 3.05) is 13.2 Å². The van der Waals surface area contributed by atoms with Crippen LogP contribution >= 0.6 is 0 Å². The SMILES string of the molecule is CC/C=C\C/C=C\C/C=C\C/C=C\CCCCCC(=O)OCC(COC(=O)CCCCCCCCC/C=C\C/C=C\CC)OC(=O)CCCCCCCC/C=C\C/C=C\C/C=C\CC. The highest BCUT2D eigenvalue weighted by atomic mass is 16.6. The predicted octanol–water partition coefficient (Wildman–Crippen LogP) is 17.1. The van der Waals surface area contributed by atoms with E-state index in [1.54, 1.807) is 0 Å². The second-order valence-corrected chi connectivity index (χ2v) is 16.6. The van der Waals surface area contributed by atoms with Gasteiger partial charge in [0.1, 0.15) is 13.2 Å². The van der Waals surface area contributed by atoms with E-state index in [9.17, 15) is 14.4 Å². The molecule has 6 nitrogen and oxygen atoms in total. The van der Waals surface area contributed by atoms with Gasteiger partial charge in [-0.15, -0.1) is 0 Å². The van der Waals surface area contributed by atoms with Gasteiger partial charge in [0, 0.05) is 19.3 Å². The number of hydrogen-bond donors (Lipinski definition) is 0. The maximum absolute atomic E-state index is 12.8. The van der Waals surface area contributed by atoms with E-state index in [0.29, 0.717) is 19.3 Å². The summed E-state index contributed by atoms with van der Waals surface area (Å²) in [6.45, 7) is 6.25. The van der Waals surface area contributed by atoms with E-state index in [1.165, 1.54) is 38.5 Å². The number of esters is 3. The van der Waals surface area contributed by atoms with Crippen LogP contribution in [0.2, 0.25) is 0 Å². The lowest BCUT2D eigenvalue weighted by atomic mass is 10.1. The Morgan fingerprint density at radius 2 is 0.562 bits per heavy atom. The Labute approximate surface area is 393 Å². The molecular weight excluding hydrogens is 793 g/mol. The maximum Gasteiger partial charge on any atom is 0.306 e. The molecule has 0 radical (unpaired) electrons. The van der Waals surface area contributed by atoms with Crippen molar-refractivity contribution in [2.45, 2.75) is 226 Å². The monoisotopic (exact) mass is 887 g/mol. The van der Waals surface area contributed by atoms with E-state index in [2.05, 4.69) is 130 Å². The van der Waals surface area contributed by atoms with Crippen LogP contribution in [0.5, 0.6) is 0 Å². The summed E-state index contributed by atoms with van der Waals surface area (Å²) in [4.78, 5) is 38.0. The second kappa shape index (κ2) is 51.7. The highest BCUT2D eigenvalue weighted by Crippen LogP contribution is 2.13. The molecule has 1 unspecified atom stereocenters. The van der Waals surface area contributed by atoms with Crippen LogP contribution in [0.4, 0.5) is 0 Å². The number of rotatable bonds is 45. The Balaban J connectivity index is 4.49. The average Bonchev–Trinajstić information content (AvgIpc) is 3.29. The summed E-state index contributed by atoms with van der Waals surface area (Å²) < 4.78 is 16.8. The molecule has 0 aromatic rings. The van der Waals surface area contributed by atoms with Crippen LogP contribution in [0.1, 0.15) is 220 Å². The third-order valence-corrected chi connectivity index (χ3v) is 10.5. The molecule has 0 aliphatic carbocycles. The third-order valence-electron chi connectivity index (χ3n) is 10.5. The van der Waals surface area contributed by atoms with Gasteiger partial charge in [0.05, 0.1) is 0 Å². The predicted molar refractivity (Wildman–Crippen MR) is 274 cm³/mol. The molecule has 0 bridgehead atoms. The molecule has 0 rings (SSSR count). The van der Waals surface area contributed by atoms with Crippen molar-refractivity contribution >= 4 is 17.9 Å². The molecule has 0 spiro atoms. The summed E-state index contributed by atoms with van der Waals surface area (Å²) in [5.41, 5.74) is 0. The fraction of sp³-hybridized carbons (Fsp3) is 0.638. The lowest BCUT2D eigenvalue weighted by Crippen LogP contribution is -2.30. The largest absolute Gasteiger partial charge is 0.462 e. The van der Waals surface area contributed by atoms with Crippen LogP contribution in [-0.4, -0.2) is 37.2 Å². The van der Waals surface area contributed by atoms with Gasteiger partial charge in [-0.1, -0.05) is 194 Å². The normalized spacial score (nSPS) is 13.0. The fourth-order valence-corrected chi connectivity index (χ4v) is 6.72. The van der Waals surface area contributed by atoms with Gasteiger partial charge in [-0.3, -0.25) is 14.4 Å². The minimum absolute atomic E-state index is 0.100. The molecule has 362 valence electrons. The molecule has 64 heavy (non-hydrogen) atoms. The Bertz CT molecular complexity index is 1340. The molecule has 0 aromatic heterocycles. The summed E-state index contributed by atoms with van der Waals surface area (Å²) in [6.07, 6.45) is 69.3. The van der Waals surface area contributed by atoms with Crippen molar-refractivity contribution in [3.63, 3.8) is 0 Å². The first-order valence-electron chi connectivity index (χ1n) is 25.9. The van der Waals surface area contributed by atoms with E-state index >= 15 is 0 Å². The van der Waals surface area contributed by atoms with E-state index in [1.807, 2.05) is 0 Å². The van der Waals surface area contributed by atoms with Gasteiger partial charge < -0.3 is 14.2 Å². The number of unbranched alkanes of at least 4 members (excludes halogenated alkanes) is 16. The van der Waals surface area contributed by atoms with Crippen molar-refractivity contribution in [3.8, 4) is 0 Å². The van der Waals surface area contributed by atoms with E-state index in [4.69, 9.17) is 14.2 Å². The van der Waals surface area contributed by atoms with Crippen molar-refractivity contribution in [2.24, 2.45) is 0 Å². The Morgan fingerprint density at radius 1 is 0.312 bits per heavy atom. The number of hydrogen-bond acceptors (Lipinski definition) is 6. The van der Waals surface area contributed by atoms with E-state index in [-0.39, 0.29) is 31.1 Å². The molecule has 0 saturated heterocycles. The molecular formula is C58H94O6. The summed E-state index contributed by atoms with van der Waals surface area (Å²) in [5, 5.41) is 0. The van der Waals surface area contributed by atoms with Crippen LogP contribution in [0.3, 0.4) is 0 Å². The molecule has 1 atom stereocenters. The number of allylic oxidation sites excluding steroid dienone is 18. The van der Waals surface area contributed by atoms with Crippen LogP contribution in [0, 0.1) is 0 Å². The molecule has 0 fully saturated rings. The number of ether oxygens (including phenoxy) is 3. The lowest BCUT2D eigenvalue weighted by Gasteiger charge is -2.18. The van der Waals surface area contributed by atoms with Crippen molar-refractivity contribution in [1.29, 1.82) is 0 Å². The molecule has 0 aliphatic rings. The van der Waals surface area contributed by atoms with Crippen LogP contribution in [0.25, 0.3) is 0 Å². The molecule has 6 heteroatoms. The van der Waals surface area contributed by atoms with Crippen molar-refractivity contribution < 1.29 is 28.6 Å². The van der Waals surface area contributed by atoms with E-state index < -0.39 is 6.10 Å². The highest BCUT2D eigenvalue weighted by molar-refractivity contribution is 5.71. The first-order valence-corrected chi connectivity index (χ1v) is 25.9. The Kier molecular flexibility index (Phi) is 48.5. The van der Waals surface area contributed by atoms with Gasteiger partial charge in [-0.2, -0.15) is 0 Å². The molecule has 0 aliphatic heterocycles. The van der Waals surface area contributed by atoms with Crippen molar-refractivity contribution in [3.05, 3.63) is 109 Å². The minimum Gasteiger partial charge on any atom is -0.462 e. The fourth-order valence-electron chi connectivity index (χ4n) is 6.72. The third kappa shape index (κ3) is 49.1. The number of carbonyl (C=O) groups is 3. The van der Waals surface area contributed by atoms with Gasteiger partial charge in [-0.25, -0.2) is 0 Å². The summed E-state index contributed by atoms with van der Waals surface area (Å²) in [7, 11) is 0. The molecule has 0 saturated carbocycles. The van der Waals surface area contributed by atoms with Crippen LogP contribution in [0.15, 0.2) is 109 Å². The van der Waals surface area contributed by atoms with Gasteiger partial charge in [0.2, 0.25) is 0 Å². The topological polar surface area (TPSA) is 78.9 Å².